The van der Waals surface area contributed by atoms with E-state index >= 15 is 0 Å². The van der Waals surface area contributed by atoms with E-state index in [0.29, 0.717) is 17.5 Å². The smallest absolute Gasteiger partial charge is 0.230 e. The fraction of sp³-hybridized carbons (Fsp3) is 0.350. The number of benzene rings is 1. The van der Waals surface area contributed by atoms with E-state index in [2.05, 4.69) is 27.6 Å². The molecule has 1 aromatic carbocycles. The fourth-order valence-electron chi connectivity index (χ4n) is 2.67. The van der Waals surface area contributed by atoms with Crippen LogP contribution in [0.25, 0.3) is 11.4 Å². The maximum absolute atomic E-state index is 12.1. The largest absolute Gasteiger partial charge is 0.469 e. The number of amides is 1. The summed E-state index contributed by atoms with van der Waals surface area (Å²) < 4.78 is 7.47. The first kappa shape index (κ1) is 19.2. The number of aryl methyl sites for hydroxylation is 1. The standard InChI is InChI=1S/C20H24N4O2S/c1-4-14(2)21-18(25)13-27-20-23-22-19(17-10-11-26-15(17)3)24(20)12-16-8-6-5-7-9-16/h5-11,14H,4,12-13H2,1-3H3,(H,21,25)/t14-/m1/s1. The average Bonchev–Trinajstić information content (AvgIpc) is 3.26. The molecule has 0 aliphatic rings. The first-order chi connectivity index (χ1) is 13.1. The van der Waals surface area contributed by atoms with Crippen LogP contribution in [0.4, 0.5) is 0 Å². The van der Waals surface area contributed by atoms with Crippen LogP contribution in [0.2, 0.25) is 0 Å². The van der Waals surface area contributed by atoms with Crippen molar-refractivity contribution in [2.75, 3.05) is 5.75 Å². The molecule has 142 valence electrons. The minimum Gasteiger partial charge on any atom is -0.469 e. The molecule has 2 aromatic heterocycles. The molecule has 1 N–H and O–H groups in total. The third-order valence-corrected chi connectivity index (χ3v) is 5.32. The third kappa shape index (κ3) is 4.80. The van der Waals surface area contributed by atoms with Crippen LogP contribution in [0.5, 0.6) is 0 Å². The highest BCUT2D eigenvalue weighted by Crippen LogP contribution is 2.27. The Kier molecular flexibility index (Phi) is 6.34. The maximum Gasteiger partial charge on any atom is 0.230 e. The van der Waals surface area contributed by atoms with Crippen molar-refractivity contribution >= 4 is 17.7 Å². The van der Waals surface area contributed by atoms with E-state index in [9.17, 15) is 4.79 Å². The van der Waals surface area contributed by atoms with Crippen LogP contribution in [-0.4, -0.2) is 32.5 Å². The minimum absolute atomic E-state index is 0.00431. The van der Waals surface area contributed by atoms with Crippen molar-refractivity contribution in [1.29, 1.82) is 0 Å². The second-order valence-electron chi connectivity index (χ2n) is 6.43. The molecule has 0 saturated carbocycles. The second kappa shape index (κ2) is 8.90. The molecule has 1 atom stereocenters. The molecule has 0 spiro atoms. The van der Waals surface area contributed by atoms with Crippen LogP contribution in [-0.2, 0) is 11.3 Å². The zero-order valence-corrected chi connectivity index (χ0v) is 16.6. The van der Waals surface area contributed by atoms with Gasteiger partial charge in [-0.1, -0.05) is 49.0 Å². The molecular formula is C20H24N4O2S. The Hall–Kier alpha value is -2.54. The molecule has 3 rings (SSSR count). The number of nitrogens with zero attached hydrogens (tertiary/aromatic N) is 3. The van der Waals surface area contributed by atoms with Gasteiger partial charge < -0.3 is 9.73 Å². The van der Waals surface area contributed by atoms with E-state index < -0.39 is 0 Å². The van der Waals surface area contributed by atoms with Crippen molar-refractivity contribution in [3.63, 3.8) is 0 Å². The Bertz CT molecular complexity index is 889. The molecule has 7 heteroatoms. The van der Waals surface area contributed by atoms with Gasteiger partial charge in [0.2, 0.25) is 5.91 Å². The number of furan rings is 1. The van der Waals surface area contributed by atoms with Crippen LogP contribution in [0.15, 0.2) is 52.2 Å². The quantitative estimate of drug-likeness (QED) is 0.596. The molecule has 0 aliphatic heterocycles. The first-order valence-electron chi connectivity index (χ1n) is 9.02. The van der Waals surface area contributed by atoms with E-state index in [1.807, 2.05) is 49.6 Å². The molecule has 0 saturated heterocycles. The van der Waals surface area contributed by atoms with Crippen LogP contribution in [0, 0.1) is 6.92 Å². The molecule has 0 fully saturated rings. The van der Waals surface area contributed by atoms with Gasteiger partial charge in [0, 0.05) is 6.04 Å². The van der Waals surface area contributed by atoms with Crippen LogP contribution in [0.3, 0.4) is 0 Å². The summed E-state index contributed by atoms with van der Waals surface area (Å²) in [5.74, 6) is 1.85. The molecule has 0 unspecified atom stereocenters. The summed E-state index contributed by atoms with van der Waals surface area (Å²) in [6, 6.07) is 12.2. The van der Waals surface area contributed by atoms with Gasteiger partial charge in [-0.15, -0.1) is 10.2 Å². The number of thioether (sulfide) groups is 1. The summed E-state index contributed by atoms with van der Waals surface area (Å²) >= 11 is 1.40. The van der Waals surface area contributed by atoms with E-state index in [1.165, 1.54) is 11.8 Å². The van der Waals surface area contributed by atoms with E-state index in [0.717, 1.165) is 29.1 Å². The Labute approximate surface area is 163 Å². The van der Waals surface area contributed by atoms with Crippen molar-refractivity contribution < 1.29 is 9.21 Å². The van der Waals surface area contributed by atoms with E-state index in [1.54, 1.807) is 6.26 Å². The number of rotatable bonds is 8. The highest BCUT2D eigenvalue weighted by Gasteiger charge is 2.19. The van der Waals surface area contributed by atoms with E-state index in [4.69, 9.17) is 4.42 Å². The molecule has 0 radical (unpaired) electrons. The lowest BCUT2D eigenvalue weighted by atomic mass is 10.2. The van der Waals surface area contributed by atoms with Crippen molar-refractivity contribution in [2.45, 2.75) is 44.9 Å². The number of hydrogen-bond donors (Lipinski definition) is 1. The Morgan fingerprint density at radius 1 is 1.26 bits per heavy atom. The van der Waals surface area contributed by atoms with Crippen molar-refractivity contribution in [3.8, 4) is 11.4 Å². The Morgan fingerprint density at radius 2 is 2.04 bits per heavy atom. The van der Waals surface area contributed by atoms with Crippen molar-refractivity contribution in [2.24, 2.45) is 0 Å². The molecular weight excluding hydrogens is 360 g/mol. The van der Waals surface area contributed by atoms with Crippen molar-refractivity contribution in [1.82, 2.24) is 20.1 Å². The topological polar surface area (TPSA) is 73.0 Å². The predicted molar refractivity (Wildman–Crippen MR) is 107 cm³/mol. The van der Waals surface area contributed by atoms with Crippen LogP contribution in [0.1, 0.15) is 31.6 Å². The molecule has 27 heavy (non-hydrogen) atoms. The highest BCUT2D eigenvalue weighted by atomic mass is 32.2. The fourth-order valence-corrected chi connectivity index (χ4v) is 3.42. The molecule has 6 nitrogen and oxygen atoms in total. The summed E-state index contributed by atoms with van der Waals surface area (Å²) in [6.07, 6.45) is 2.56. The van der Waals surface area contributed by atoms with Gasteiger partial charge in [0.15, 0.2) is 11.0 Å². The van der Waals surface area contributed by atoms with Gasteiger partial charge in [-0.2, -0.15) is 0 Å². The van der Waals surface area contributed by atoms with Crippen molar-refractivity contribution in [3.05, 3.63) is 54.0 Å². The van der Waals surface area contributed by atoms with Gasteiger partial charge in [-0.3, -0.25) is 9.36 Å². The van der Waals surface area contributed by atoms with Gasteiger partial charge in [-0.25, -0.2) is 0 Å². The zero-order chi connectivity index (χ0) is 19.2. The number of carbonyl (C=O) groups is 1. The van der Waals surface area contributed by atoms with Gasteiger partial charge in [-0.05, 0) is 31.9 Å². The number of carbonyl (C=O) groups excluding carboxylic acids is 1. The average molecular weight is 385 g/mol. The van der Waals surface area contributed by atoms with Gasteiger partial charge >= 0.3 is 0 Å². The monoisotopic (exact) mass is 384 g/mol. The minimum atomic E-state index is 0.00431. The molecule has 1 amide bonds. The van der Waals surface area contributed by atoms with Crippen LogP contribution < -0.4 is 5.32 Å². The molecule has 2 heterocycles. The summed E-state index contributed by atoms with van der Waals surface area (Å²) in [5.41, 5.74) is 2.06. The molecule has 3 aromatic rings. The summed E-state index contributed by atoms with van der Waals surface area (Å²) in [5, 5.41) is 12.4. The van der Waals surface area contributed by atoms with Gasteiger partial charge in [0.05, 0.1) is 24.1 Å². The van der Waals surface area contributed by atoms with Gasteiger partial charge in [0.25, 0.3) is 0 Å². The van der Waals surface area contributed by atoms with E-state index in [-0.39, 0.29) is 11.9 Å². The molecule has 0 bridgehead atoms. The summed E-state index contributed by atoms with van der Waals surface area (Å²) in [4.78, 5) is 12.1. The van der Waals surface area contributed by atoms with Gasteiger partial charge in [0.1, 0.15) is 5.76 Å². The number of aromatic nitrogens is 3. The second-order valence-corrected chi connectivity index (χ2v) is 7.38. The Morgan fingerprint density at radius 3 is 2.70 bits per heavy atom. The lowest BCUT2D eigenvalue weighted by Crippen LogP contribution is -2.33. The first-order valence-corrected chi connectivity index (χ1v) is 10.0. The maximum atomic E-state index is 12.1. The van der Waals surface area contributed by atoms with Crippen LogP contribution >= 0.6 is 11.8 Å². The SMILES string of the molecule is CC[C@@H](C)NC(=O)CSc1nnc(-c2ccoc2C)n1Cc1ccccc1. The Balaban J connectivity index is 1.84. The summed E-state index contributed by atoms with van der Waals surface area (Å²) in [7, 11) is 0. The summed E-state index contributed by atoms with van der Waals surface area (Å²) in [6.45, 7) is 6.58. The lowest BCUT2D eigenvalue weighted by Gasteiger charge is -2.12. The predicted octanol–water partition coefficient (Wildman–Crippen LogP) is 3.90. The lowest BCUT2D eigenvalue weighted by molar-refractivity contribution is -0.119. The highest BCUT2D eigenvalue weighted by molar-refractivity contribution is 7.99. The molecule has 0 aliphatic carbocycles. The number of nitrogens with one attached hydrogen (secondary N) is 1. The third-order valence-electron chi connectivity index (χ3n) is 4.35. The number of hydrogen-bond acceptors (Lipinski definition) is 5. The normalized spacial score (nSPS) is 12.1. The zero-order valence-electron chi connectivity index (χ0n) is 15.8.